The highest BCUT2D eigenvalue weighted by Gasteiger charge is 2.63. The first-order valence-electron chi connectivity index (χ1n) is 11.2. The van der Waals surface area contributed by atoms with E-state index in [-0.39, 0.29) is 11.8 Å². The molecular weight excluding hydrogens is 377 g/mol. The lowest BCUT2D eigenvalue weighted by Crippen LogP contribution is -2.34. The van der Waals surface area contributed by atoms with E-state index in [4.69, 9.17) is 4.74 Å². The van der Waals surface area contributed by atoms with Crippen LogP contribution < -0.4 is 0 Å². The Morgan fingerprint density at radius 1 is 1.17 bits per heavy atom. The fourth-order valence-corrected chi connectivity index (χ4v) is 5.73. The second-order valence-corrected chi connectivity index (χ2v) is 10.4. The molecule has 4 rings (SSSR count). The molecule has 2 heterocycles. The number of nitrogens with one attached hydrogen (secondary N) is 1. The molecule has 1 aliphatic heterocycles. The predicted octanol–water partition coefficient (Wildman–Crippen LogP) is 4.79. The third-order valence-corrected chi connectivity index (χ3v) is 8.46. The maximum absolute atomic E-state index is 12.1. The monoisotopic (exact) mass is 411 g/mol. The van der Waals surface area contributed by atoms with Gasteiger partial charge in [-0.25, -0.2) is 4.79 Å². The Kier molecular flexibility index (Phi) is 5.30. The first-order valence-corrected chi connectivity index (χ1v) is 11.2. The number of hydrogen-bond acceptors (Lipinski definition) is 4. The molecule has 1 aromatic carbocycles. The maximum atomic E-state index is 12.1. The number of ether oxygens (including phenoxy) is 1. The van der Waals surface area contributed by atoms with Crippen molar-refractivity contribution in [1.82, 2.24) is 4.98 Å². The van der Waals surface area contributed by atoms with E-state index in [2.05, 4.69) is 4.98 Å². The average Bonchev–Trinajstić information content (AvgIpc) is 3.15. The van der Waals surface area contributed by atoms with Crippen LogP contribution in [-0.4, -0.2) is 41.2 Å². The molecule has 5 nitrogen and oxygen atoms in total. The van der Waals surface area contributed by atoms with Crippen LogP contribution in [0.15, 0.2) is 18.2 Å². The number of benzene rings is 1. The van der Waals surface area contributed by atoms with E-state index >= 15 is 0 Å². The van der Waals surface area contributed by atoms with Crippen LogP contribution in [0.3, 0.4) is 0 Å². The van der Waals surface area contributed by atoms with Crippen molar-refractivity contribution in [3.8, 4) is 0 Å². The van der Waals surface area contributed by atoms with Crippen LogP contribution in [0.25, 0.3) is 10.9 Å². The zero-order valence-electron chi connectivity index (χ0n) is 18.8. The number of carbonyl (C=O) groups is 1. The molecule has 1 aliphatic carbocycles. The molecule has 0 amide bonds. The summed E-state index contributed by atoms with van der Waals surface area (Å²) in [6.45, 7) is 7.49. The van der Waals surface area contributed by atoms with Crippen molar-refractivity contribution in [3.05, 3.63) is 35.0 Å². The lowest BCUT2D eigenvalue weighted by molar-refractivity contribution is 0.0398. The van der Waals surface area contributed by atoms with Crippen LogP contribution in [-0.2, 0) is 4.74 Å². The molecule has 0 spiro atoms. The Bertz CT molecular complexity index is 938. The van der Waals surface area contributed by atoms with E-state index in [1.807, 2.05) is 45.9 Å². The van der Waals surface area contributed by atoms with E-state index in [9.17, 15) is 14.9 Å². The van der Waals surface area contributed by atoms with Gasteiger partial charge in [-0.2, -0.15) is 0 Å². The number of rotatable bonds is 3. The van der Waals surface area contributed by atoms with E-state index in [1.165, 1.54) is 31.9 Å². The van der Waals surface area contributed by atoms with Crippen molar-refractivity contribution in [1.29, 1.82) is 0 Å². The van der Waals surface area contributed by atoms with Crippen LogP contribution >= 0.6 is 0 Å². The second kappa shape index (κ2) is 7.42. The standard InChI is InChI=1S/C24H34BNO4/c1-23(2)21(27)19(25(29)24(23,3)4)20-18(14-9-7-6-8-10-14)16-12-11-15(22(28)30-5)13-17(16)26-20/h11-14,19,21,26-27,29H,6-10H2,1-5H3. The maximum Gasteiger partial charge on any atom is 0.337 e. The van der Waals surface area contributed by atoms with Gasteiger partial charge in [-0.3, -0.25) is 0 Å². The van der Waals surface area contributed by atoms with Gasteiger partial charge in [0, 0.05) is 22.4 Å². The molecule has 2 aliphatic rings. The van der Waals surface area contributed by atoms with Gasteiger partial charge in [0.05, 0.1) is 18.8 Å². The van der Waals surface area contributed by atoms with E-state index in [0.29, 0.717) is 11.5 Å². The normalized spacial score (nSPS) is 26.3. The van der Waals surface area contributed by atoms with Gasteiger partial charge in [-0.1, -0.05) is 53.0 Å². The van der Waals surface area contributed by atoms with Gasteiger partial charge >= 0.3 is 12.9 Å². The van der Waals surface area contributed by atoms with Crippen molar-refractivity contribution < 1.29 is 19.7 Å². The van der Waals surface area contributed by atoms with Gasteiger partial charge in [-0.15, -0.1) is 0 Å². The van der Waals surface area contributed by atoms with Crippen LogP contribution in [0.2, 0.25) is 5.31 Å². The molecule has 30 heavy (non-hydrogen) atoms. The Morgan fingerprint density at radius 3 is 2.40 bits per heavy atom. The quantitative estimate of drug-likeness (QED) is 0.501. The van der Waals surface area contributed by atoms with E-state index in [1.54, 1.807) is 0 Å². The SMILES string of the molecule is COC(=O)c1ccc2c(C3CCCCC3)c(C3B(O)C(C)(C)C(C)(C)C3O)[nH]c2c1. The fraction of sp³-hybridized carbons (Fsp3) is 0.625. The number of esters is 1. The van der Waals surface area contributed by atoms with Crippen molar-refractivity contribution in [2.75, 3.05) is 7.11 Å². The van der Waals surface area contributed by atoms with Gasteiger partial charge in [-0.05, 0) is 47.2 Å². The molecule has 6 heteroatoms. The summed E-state index contributed by atoms with van der Waals surface area (Å²) in [5.41, 5.74) is 3.10. The number of carbonyl (C=O) groups excluding carboxylic acids is 1. The third kappa shape index (κ3) is 3.03. The van der Waals surface area contributed by atoms with Crippen LogP contribution in [0, 0.1) is 5.41 Å². The number of methoxy groups -OCH3 is 1. The van der Waals surface area contributed by atoms with Crippen molar-refractivity contribution >= 4 is 23.8 Å². The zero-order chi connectivity index (χ0) is 21.8. The number of aromatic amines is 1. The molecule has 2 fully saturated rings. The first-order chi connectivity index (χ1) is 14.1. The first kappa shape index (κ1) is 21.4. The molecule has 1 saturated carbocycles. The van der Waals surface area contributed by atoms with Gasteiger partial charge in [0.1, 0.15) is 0 Å². The number of fused-ring (bicyclic) bond motifs is 1. The smallest absolute Gasteiger partial charge is 0.337 e. The van der Waals surface area contributed by atoms with Gasteiger partial charge in [0.25, 0.3) is 0 Å². The summed E-state index contributed by atoms with van der Waals surface area (Å²) in [7, 11) is 1.38. The number of aliphatic hydroxyl groups excluding tert-OH is 1. The molecule has 2 unspecified atom stereocenters. The Balaban J connectivity index is 1.90. The summed E-state index contributed by atoms with van der Waals surface area (Å²) in [4.78, 5) is 15.6. The van der Waals surface area contributed by atoms with Crippen molar-refractivity contribution in [2.24, 2.45) is 5.41 Å². The molecule has 1 aromatic heterocycles. The number of aromatic nitrogens is 1. The van der Waals surface area contributed by atoms with Crippen molar-refractivity contribution in [2.45, 2.75) is 83.0 Å². The van der Waals surface area contributed by atoms with Crippen molar-refractivity contribution in [3.63, 3.8) is 0 Å². The minimum Gasteiger partial charge on any atom is -0.465 e. The van der Waals surface area contributed by atoms with Crippen LogP contribution in [0.1, 0.15) is 93.1 Å². The highest BCUT2D eigenvalue weighted by molar-refractivity contribution is 6.57. The fourth-order valence-electron chi connectivity index (χ4n) is 5.73. The molecule has 1 saturated heterocycles. The van der Waals surface area contributed by atoms with Gasteiger partial charge in [0.2, 0.25) is 0 Å². The Morgan fingerprint density at radius 2 is 1.83 bits per heavy atom. The van der Waals surface area contributed by atoms with Crippen LogP contribution in [0.5, 0.6) is 0 Å². The highest BCUT2D eigenvalue weighted by Crippen LogP contribution is 2.61. The number of hydrogen-bond donors (Lipinski definition) is 3. The summed E-state index contributed by atoms with van der Waals surface area (Å²) >= 11 is 0. The minimum absolute atomic E-state index is 0.365. The highest BCUT2D eigenvalue weighted by atomic mass is 16.5. The molecule has 162 valence electrons. The Labute approximate surface area is 179 Å². The molecule has 2 atom stereocenters. The van der Waals surface area contributed by atoms with Gasteiger partial charge < -0.3 is 19.9 Å². The van der Waals surface area contributed by atoms with E-state index in [0.717, 1.165) is 29.4 Å². The predicted molar refractivity (Wildman–Crippen MR) is 120 cm³/mol. The average molecular weight is 411 g/mol. The summed E-state index contributed by atoms with van der Waals surface area (Å²) < 4.78 is 4.89. The summed E-state index contributed by atoms with van der Waals surface area (Å²) in [5, 5.41) is 23.4. The Hall–Kier alpha value is -1.79. The lowest BCUT2D eigenvalue weighted by Gasteiger charge is -2.37. The summed E-state index contributed by atoms with van der Waals surface area (Å²) in [6, 6.07) is 5.64. The number of H-pyrrole nitrogens is 1. The third-order valence-electron chi connectivity index (χ3n) is 8.46. The largest absolute Gasteiger partial charge is 0.465 e. The molecule has 3 N–H and O–H groups in total. The topological polar surface area (TPSA) is 82.6 Å². The second-order valence-electron chi connectivity index (χ2n) is 10.4. The molecular formula is C24H34BNO4. The summed E-state index contributed by atoms with van der Waals surface area (Å²) in [6.07, 6.45) is 5.22. The lowest BCUT2D eigenvalue weighted by atomic mass is 9.41. The molecule has 0 radical (unpaired) electrons. The minimum atomic E-state index is -0.669. The molecule has 2 aromatic rings. The van der Waals surface area contributed by atoms with Crippen LogP contribution in [0.4, 0.5) is 0 Å². The van der Waals surface area contributed by atoms with E-state index < -0.39 is 23.7 Å². The molecule has 0 bridgehead atoms. The number of aliphatic hydroxyl groups is 1. The summed E-state index contributed by atoms with van der Waals surface area (Å²) in [5.74, 6) is -0.353. The zero-order valence-corrected chi connectivity index (χ0v) is 18.8. The van der Waals surface area contributed by atoms with Gasteiger partial charge in [0.15, 0.2) is 0 Å².